The van der Waals surface area contributed by atoms with Crippen molar-refractivity contribution in [1.29, 1.82) is 0 Å². The van der Waals surface area contributed by atoms with E-state index < -0.39 is 26.5 Å². The Morgan fingerprint density at radius 1 is 0.372 bits per heavy atom. The van der Waals surface area contributed by atoms with Crippen molar-refractivity contribution in [3.05, 3.63) is 97.2 Å². The van der Waals surface area contributed by atoms with Crippen LogP contribution in [0.5, 0.6) is 0 Å². The molecule has 0 N–H and O–H groups in total. The van der Waals surface area contributed by atoms with Crippen LogP contribution in [0.25, 0.3) is 0 Å². The lowest BCUT2D eigenvalue weighted by molar-refractivity contribution is -0.870. The van der Waals surface area contributed by atoms with Gasteiger partial charge in [-0.25, -0.2) is 0 Å². The third-order valence-corrected chi connectivity index (χ3v) is 16.6. The summed E-state index contributed by atoms with van der Waals surface area (Å²) < 4.78 is 34.3. The van der Waals surface area contributed by atoms with E-state index in [-0.39, 0.29) is 32.0 Å². The van der Waals surface area contributed by atoms with Gasteiger partial charge in [-0.05, 0) is 96.3 Å². The predicted octanol–water partition coefficient (Wildman–Crippen LogP) is 22.9. The Kier molecular flexibility index (Phi) is 64.0. The van der Waals surface area contributed by atoms with Gasteiger partial charge in [0, 0.05) is 12.8 Å². The number of hydrogen-bond donors (Lipinski definition) is 0. The van der Waals surface area contributed by atoms with Gasteiger partial charge < -0.3 is 27.9 Å². The molecule has 2 unspecified atom stereocenters. The molecule has 0 aliphatic carbocycles. The highest BCUT2D eigenvalue weighted by Gasteiger charge is 2.22. The molecule has 498 valence electrons. The highest BCUT2D eigenvalue weighted by molar-refractivity contribution is 7.45. The number of unbranched alkanes of at least 4 members (excludes halogenated alkanes) is 36. The van der Waals surface area contributed by atoms with E-state index in [1.165, 1.54) is 199 Å². The van der Waals surface area contributed by atoms with Crippen LogP contribution in [-0.4, -0.2) is 70.0 Å². The van der Waals surface area contributed by atoms with E-state index in [1.807, 2.05) is 21.1 Å². The first-order valence-electron chi connectivity index (χ1n) is 35.9. The first-order valence-corrected chi connectivity index (χ1v) is 37.4. The maximum absolute atomic E-state index is 12.9. The van der Waals surface area contributed by atoms with Crippen LogP contribution in [0.4, 0.5) is 0 Å². The zero-order valence-electron chi connectivity index (χ0n) is 56.7. The van der Waals surface area contributed by atoms with Crippen LogP contribution in [-0.2, 0) is 32.7 Å². The normalized spacial score (nSPS) is 13.7. The summed E-state index contributed by atoms with van der Waals surface area (Å²) in [5.41, 5.74) is 0. The van der Waals surface area contributed by atoms with E-state index in [2.05, 4.69) is 111 Å². The van der Waals surface area contributed by atoms with Crippen molar-refractivity contribution in [2.24, 2.45) is 0 Å². The van der Waals surface area contributed by atoms with Crippen molar-refractivity contribution < 1.29 is 42.1 Å². The smallest absolute Gasteiger partial charge is 0.306 e. The van der Waals surface area contributed by atoms with Crippen molar-refractivity contribution in [2.45, 2.75) is 328 Å². The summed E-state index contributed by atoms with van der Waals surface area (Å²) >= 11 is 0. The van der Waals surface area contributed by atoms with Gasteiger partial charge in [0.25, 0.3) is 7.82 Å². The highest BCUT2D eigenvalue weighted by Crippen LogP contribution is 2.38. The molecule has 0 rings (SSSR count). The second-order valence-electron chi connectivity index (χ2n) is 25.2. The highest BCUT2D eigenvalue weighted by atomic mass is 31.2. The third-order valence-electron chi connectivity index (χ3n) is 15.6. The molecule has 0 bridgehead atoms. The Bertz CT molecular complexity index is 1770. The van der Waals surface area contributed by atoms with Crippen LogP contribution in [0, 0.1) is 0 Å². The molecule has 10 heteroatoms. The van der Waals surface area contributed by atoms with Gasteiger partial charge in [-0.3, -0.25) is 14.2 Å². The number of rotatable bonds is 66. The summed E-state index contributed by atoms with van der Waals surface area (Å²) in [5, 5.41) is 0. The Labute approximate surface area is 532 Å². The SMILES string of the molecule is CC/C=C\C/C=C\C/C=C\C/C=C\C/C=C\C/C=C\C/C=C\CCCCCCCCCCCCCC(=O)OC(COC(=O)CCCCCCCCCCCCCCCCCCC/C=C\CCCCCCCCCC)COP(=O)([O-])OCC[N+](C)(C)C. The molecule has 0 aliphatic heterocycles. The average molecular weight is 1220 g/mol. The van der Waals surface area contributed by atoms with Crippen LogP contribution in [0.1, 0.15) is 322 Å². The van der Waals surface area contributed by atoms with Gasteiger partial charge in [-0.2, -0.15) is 0 Å². The molecular formula is C76H136NO8P. The monoisotopic (exact) mass is 1220 g/mol. The summed E-state index contributed by atoms with van der Waals surface area (Å²) in [7, 11) is 1.17. The molecule has 0 aromatic rings. The summed E-state index contributed by atoms with van der Waals surface area (Å²) in [5.74, 6) is -0.828. The van der Waals surface area contributed by atoms with Gasteiger partial charge in [0.1, 0.15) is 19.8 Å². The van der Waals surface area contributed by atoms with Crippen LogP contribution >= 0.6 is 7.82 Å². The Morgan fingerprint density at radius 2 is 0.663 bits per heavy atom. The van der Waals surface area contributed by atoms with Gasteiger partial charge in [-0.15, -0.1) is 0 Å². The number of ether oxygens (including phenoxy) is 2. The van der Waals surface area contributed by atoms with Crippen molar-refractivity contribution in [1.82, 2.24) is 0 Å². The fraction of sp³-hybridized carbons (Fsp3) is 0.763. The molecule has 0 spiro atoms. The molecule has 0 saturated carbocycles. The van der Waals surface area contributed by atoms with Crippen LogP contribution < -0.4 is 4.89 Å². The molecule has 0 aromatic heterocycles. The lowest BCUT2D eigenvalue weighted by Crippen LogP contribution is -2.37. The molecule has 0 aromatic carbocycles. The summed E-state index contributed by atoms with van der Waals surface area (Å²) in [6.07, 6.45) is 92.0. The van der Waals surface area contributed by atoms with Crippen LogP contribution in [0.15, 0.2) is 97.2 Å². The fourth-order valence-electron chi connectivity index (χ4n) is 10.1. The van der Waals surface area contributed by atoms with E-state index in [0.29, 0.717) is 17.4 Å². The second-order valence-corrected chi connectivity index (χ2v) is 26.6. The molecular weight excluding hydrogens is 1090 g/mol. The van der Waals surface area contributed by atoms with Gasteiger partial charge >= 0.3 is 11.9 Å². The van der Waals surface area contributed by atoms with Gasteiger partial charge in [-0.1, -0.05) is 310 Å². The van der Waals surface area contributed by atoms with E-state index in [9.17, 15) is 19.0 Å². The second kappa shape index (κ2) is 66.4. The lowest BCUT2D eigenvalue weighted by atomic mass is 10.0. The molecule has 0 saturated heterocycles. The number of nitrogens with zero attached hydrogens (tertiary/aromatic N) is 1. The van der Waals surface area contributed by atoms with Crippen molar-refractivity contribution in [2.75, 3.05) is 47.5 Å². The zero-order valence-corrected chi connectivity index (χ0v) is 57.6. The average Bonchev–Trinajstić information content (AvgIpc) is 3.70. The zero-order chi connectivity index (χ0) is 62.6. The summed E-state index contributed by atoms with van der Waals surface area (Å²) in [6, 6.07) is 0. The number of phosphoric acid groups is 1. The number of quaternary nitrogens is 1. The minimum Gasteiger partial charge on any atom is -0.756 e. The lowest BCUT2D eigenvalue weighted by Gasteiger charge is -2.28. The standard InChI is InChI=1S/C76H136NO8P/c1-6-8-10-12-14-16-18-20-22-24-26-28-30-32-34-36-37-38-39-41-43-45-47-49-51-53-55-57-59-61-63-65-67-69-76(79)85-74(73-84-86(80,81)83-71-70-77(3,4)5)72-82-75(78)68-66-64-62-60-58-56-54-52-50-48-46-44-42-40-35-33-31-29-27-25-23-21-19-17-15-13-11-9-7-2/h8,10,14,16,20,22,25-28,32,34,37-38,41,43,74H,6-7,9,11-13,15,17-19,21,23-24,29-31,33,35-36,39-40,42,44-73H2,1-5H3/b10-8-,16-14-,22-20-,27-25-,28-26-,34-32-,38-37-,43-41-. The molecule has 9 nitrogen and oxygen atoms in total. The van der Waals surface area contributed by atoms with E-state index in [4.69, 9.17) is 18.5 Å². The number of allylic oxidation sites excluding steroid dienone is 16. The van der Waals surface area contributed by atoms with Crippen molar-refractivity contribution >= 4 is 19.8 Å². The molecule has 86 heavy (non-hydrogen) atoms. The minimum atomic E-state index is -4.65. The number of hydrogen-bond acceptors (Lipinski definition) is 8. The number of phosphoric ester groups is 1. The first kappa shape index (κ1) is 82.9. The molecule has 2 atom stereocenters. The maximum Gasteiger partial charge on any atom is 0.306 e. The maximum atomic E-state index is 12.9. The van der Waals surface area contributed by atoms with Crippen molar-refractivity contribution in [3.8, 4) is 0 Å². The molecule has 0 radical (unpaired) electrons. The Balaban J connectivity index is 4.05. The molecule has 0 heterocycles. The fourth-order valence-corrected chi connectivity index (χ4v) is 10.8. The largest absolute Gasteiger partial charge is 0.756 e. The topological polar surface area (TPSA) is 111 Å². The first-order chi connectivity index (χ1) is 42.0. The van der Waals surface area contributed by atoms with Gasteiger partial charge in [0.15, 0.2) is 6.10 Å². The van der Waals surface area contributed by atoms with Gasteiger partial charge in [0.2, 0.25) is 0 Å². The quantitative estimate of drug-likeness (QED) is 0.0195. The molecule has 0 fully saturated rings. The predicted molar refractivity (Wildman–Crippen MR) is 369 cm³/mol. The Morgan fingerprint density at radius 3 is 1.00 bits per heavy atom. The Hall–Kier alpha value is -3.07. The number of carbonyl (C=O) groups is 2. The van der Waals surface area contributed by atoms with E-state index in [0.717, 1.165) is 89.9 Å². The van der Waals surface area contributed by atoms with Crippen LogP contribution in [0.3, 0.4) is 0 Å². The van der Waals surface area contributed by atoms with E-state index >= 15 is 0 Å². The van der Waals surface area contributed by atoms with Crippen LogP contribution in [0.2, 0.25) is 0 Å². The van der Waals surface area contributed by atoms with Crippen molar-refractivity contribution in [3.63, 3.8) is 0 Å². The van der Waals surface area contributed by atoms with E-state index in [1.54, 1.807) is 0 Å². The molecule has 0 amide bonds. The van der Waals surface area contributed by atoms with Gasteiger partial charge in [0.05, 0.1) is 27.7 Å². The number of carbonyl (C=O) groups excluding carboxylic acids is 2. The number of likely N-dealkylation sites (N-methyl/N-ethyl adjacent to an activating group) is 1. The third kappa shape index (κ3) is 70.0. The minimum absolute atomic E-state index is 0.0337. The summed E-state index contributed by atoms with van der Waals surface area (Å²) in [4.78, 5) is 38.1. The molecule has 0 aliphatic rings. The summed E-state index contributed by atoms with van der Waals surface area (Å²) in [6.45, 7) is 4.16. The number of esters is 2.